The van der Waals surface area contributed by atoms with Gasteiger partial charge in [0.1, 0.15) is 5.78 Å². The van der Waals surface area contributed by atoms with Crippen LogP contribution in [-0.4, -0.2) is 27.9 Å². The molecule has 0 radical (unpaired) electrons. The van der Waals surface area contributed by atoms with E-state index in [0.29, 0.717) is 18.8 Å². The van der Waals surface area contributed by atoms with Crippen LogP contribution in [0.2, 0.25) is 0 Å². The van der Waals surface area contributed by atoms with Gasteiger partial charge in [-0.15, -0.1) is 0 Å². The number of allylic oxidation sites excluding steroid dienone is 2. The average Bonchev–Trinajstić information content (AvgIpc) is 2.57. The summed E-state index contributed by atoms with van der Waals surface area (Å²) in [4.78, 5) is 24.9. The lowest BCUT2D eigenvalue weighted by Crippen LogP contribution is -2.37. The first-order chi connectivity index (χ1) is 12.1. The molecule has 3 unspecified atom stereocenters. The number of carbonyl (C=O) groups is 2. The van der Waals surface area contributed by atoms with Gasteiger partial charge < -0.3 is 10.2 Å². The van der Waals surface area contributed by atoms with Crippen LogP contribution in [0.5, 0.6) is 0 Å². The van der Waals surface area contributed by atoms with Crippen LogP contribution in [0, 0.1) is 23.7 Å². The van der Waals surface area contributed by atoms with Crippen molar-refractivity contribution in [1.29, 1.82) is 0 Å². The third-order valence-corrected chi connectivity index (χ3v) is 4.49. The van der Waals surface area contributed by atoms with Gasteiger partial charge in [-0.1, -0.05) is 67.7 Å². The Hall–Kier alpha value is -1.16. The number of aliphatic hydroxyl groups is 2. The summed E-state index contributed by atoms with van der Waals surface area (Å²) in [5, 5.41) is 20.5. The highest BCUT2D eigenvalue weighted by Crippen LogP contribution is 2.28. The van der Waals surface area contributed by atoms with E-state index in [9.17, 15) is 19.8 Å². The minimum atomic E-state index is -0.852. The molecule has 0 aliphatic heterocycles. The van der Waals surface area contributed by atoms with Gasteiger partial charge in [0.25, 0.3) is 0 Å². The second-order valence-corrected chi connectivity index (χ2v) is 7.55. The van der Waals surface area contributed by atoms with E-state index < -0.39 is 17.9 Å². The highest BCUT2D eigenvalue weighted by molar-refractivity contribution is 5.96. The van der Waals surface area contributed by atoms with E-state index in [1.807, 2.05) is 20.8 Å². The summed E-state index contributed by atoms with van der Waals surface area (Å²) >= 11 is 0. The molecule has 4 heteroatoms. The Morgan fingerprint density at radius 2 is 1.54 bits per heavy atom. The zero-order valence-corrected chi connectivity index (χ0v) is 18.2. The maximum Gasteiger partial charge on any atom is 0.165 e. The van der Waals surface area contributed by atoms with Crippen molar-refractivity contribution in [2.24, 2.45) is 23.7 Å². The van der Waals surface area contributed by atoms with Gasteiger partial charge in [-0.25, -0.2) is 0 Å². The normalized spacial score (nSPS) is 15.3. The van der Waals surface area contributed by atoms with Crippen molar-refractivity contribution < 1.29 is 19.8 Å². The van der Waals surface area contributed by atoms with E-state index in [1.54, 1.807) is 13.8 Å². The van der Waals surface area contributed by atoms with E-state index in [1.165, 1.54) is 13.0 Å². The molecule has 2 N–H and O–H groups in total. The van der Waals surface area contributed by atoms with Crippen LogP contribution in [0.3, 0.4) is 0 Å². The molecule has 4 nitrogen and oxygen atoms in total. The van der Waals surface area contributed by atoms with Crippen LogP contribution in [0.15, 0.2) is 11.8 Å². The molecule has 3 atom stereocenters. The average molecular weight is 371 g/mol. The Bertz CT molecular complexity index is 424. The minimum Gasteiger partial charge on any atom is -0.512 e. The lowest BCUT2D eigenvalue weighted by atomic mass is 9.76. The molecule has 0 saturated heterocycles. The molecule has 0 heterocycles. The Morgan fingerprint density at radius 3 is 1.92 bits per heavy atom. The maximum atomic E-state index is 12.7. The molecule has 0 fully saturated rings. The molecule has 0 bridgehead atoms. The highest BCUT2D eigenvalue weighted by atomic mass is 16.3. The van der Waals surface area contributed by atoms with E-state index in [4.69, 9.17) is 0 Å². The molecule has 0 aromatic heterocycles. The van der Waals surface area contributed by atoms with Crippen molar-refractivity contribution in [2.45, 2.75) is 93.6 Å². The van der Waals surface area contributed by atoms with Gasteiger partial charge >= 0.3 is 0 Å². The number of ketones is 2. The number of hydrogen-bond acceptors (Lipinski definition) is 4. The summed E-state index contributed by atoms with van der Waals surface area (Å²) in [6, 6.07) is 0. The third-order valence-electron chi connectivity index (χ3n) is 4.49. The van der Waals surface area contributed by atoms with E-state index >= 15 is 0 Å². The van der Waals surface area contributed by atoms with E-state index in [2.05, 4.69) is 13.8 Å². The Labute approximate surface area is 161 Å². The van der Waals surface area contributed by atoms with Gasteiger partial charge in [0.2, 0.25) is 0 Å². The Balaban J connectivity index is 0. The lowest BCUT2D eigenvalue weighted by molar-refractivity contribution is -0.133. The number of aliphatic hydroxyl groups excluding tert-OH is 2. The topological polar surface area (TPSA) is 74.6 Å². The van der Waals surface area contributed by atoms with Crippen LogP contribution in [0.25, 0.3) is 0 Å². The lowest BCUT2D eigenvalue weighted by Gasteiger charge is -2.28. The molecule has 0 aromatic carbocycles. The molecule has 0 rings (SSSR count). The molecule has 26 heavy (non-hydrogen) atoms. The largest absolute Gasteiger partial charge is 0.512 e. The van der Waals surface area contributed by atoms with Crippen molar-refractivity contribution in [3.05, 3.63) is 11.8 Å². The van der Waals surface area contributed by atoms with Crippen molar-refractivity contribution in [1.82, 2.24) is 0 Å². The van der Waals surface area contributed by atoms with Gasteiger partial charge in [-0.05, 0) is 25.7 Å². The molecule has 0 aliphatic rings. The fourth-order valence-corrected chi connectivity index (χ4v) is 2.81. The van der Waals surface area contributed by atoms with Gasteiger partial charge in [0, 0.05) is 17.9 Å². The number of hydrogen-bond donors (Lipinski definition) is 2. The Morgan fingerprint density at radius 1 is 1.00 bits per heavy atom. The standard InChI is InChI=1S/C20H36O4.C2H6/c1-7-8-9-17(22)20(19(24)12-18(23)14(4)5)16(15(6)21)11-10-13(2)3;1-2/h12-14,16-17,20,22-23H,7-11H2,1-6H3;1-2H3/b18-12+;. The Kier molecular flexibility index (Phi) is 15.6. The molecular weight excluding hydrogens is 328 g/mol. The first-order valence-corrected chi connectivity index (χ1v) is 10.2. The van der Waals surface area contributed by atoms with Crippen LogP contribution >= 0.6 is 0 Å². The highest BCUT2D eigenvalue weighted by Gasteiger charge is 2.36. The van der Waals surface area contributed by atoms with Crippen molar-refractivity contribution in [3.63, 3.8) is 0 Å². The summed E-state index contributed by atoms with van der Waals surface area (Å²) in [5.41, 5.74) is 0. The fraction of sp³-hybridized carbons (Fsp3) is 0.818. The van der Waals surface area contributed by atoms with Gasteiger partial charge in [0.15, 0.2) is 5.78 Å². The fourth-order valence-electron chi connectivity index (χ4n) is 2.81. The predicted octanol–water partition coefficient (Wildman–Crippen LogP) is 5.49. The molecule has 0 spiro atoms. The molecular formula is C22H42O4. The van der Waals surface area contributed by atoms with Gasteiger partial charge in [-0.2, -0.15) is 0 Å². The summed E-state index contributed by atoms with van der Waals surface area (Å²) in [7, 11) is 0. The minimum absolute atomic E-state index is 0.00106. The summed E-state index contributed by atoms with van der Waals surface area (Å²) in [6.45, 7) is 15.3. The predicted molar refractivity (Wildman–Crippen MR) is 109 cm³/mol. The zero-order chi connectivity index (χ0) is 20.9. The second-order valence-electron chi connectivity index (χ2n) is 7.55. The van der Waals surface area contributed by atoms with Gasteiger partial charge in [-0.3, -0.25) is 9.59 Å². The van der Waals surface area contributed by atoms with Crippen LogP contribution in [0.1, 0.15) is 87.5 Å². The van der Waals surface area contributed by atoms with Crippen LogP contribution in [0.4, 0.5) is 0 Å². The van der Waals surface area contributed by atoms with Crippen molar-refractivity contribution >= 4 is 11.6 Å². The van der Waals surface area contributed by atoms with Crippen LogP contribution in [-0.2, 0) is 9.59 Å². The molecule has 154 valence electrons. The summed E-state index contributed by atoms with van der Waals surface area (Å²) in [5.74, 6) is -1.41. The number of Topliss-reactive ketones (excluding diaryl/α,β-unsaturated/α-hetero) is 1. The number of carbonyl (C=O) groups excluding carboxylic acids is 2. The van der Waals surface area contributed by atoms with Gasteiger partial charge in [0.05, 0.1) is 17.8 Å². The molecule has 0 saturated carbocycles. The van der Waals surface area contributed by atoms with E-state index in [-0.39, 0.29) is 23.2 Å². The van der Waals surface area contributed by atoms with Crippen molar-refractivity contribution in [2.75, 3.05) is 0 Å². The SMILES string of the molecule is CC.CCCCC(O)C(C(=O)/C=C(/O)C(C)C)C(CCC(C)C)C(C)=O. The second kappa shape index (κ2) is 15.0. The molecule has 0 amide bonds. The maximum absolute atomic E-state index is 12.7. The quantitative estimate of drug-likeness (QED) is 0.352. The van der Waals surface area contributed by atoms with Crippen molar-refractivity contribution in [3.8, 4) is 0 Å². The summed E-state index contributed by atoms with van der Waals surface area (Å²) < 4.78 is 0. The van der Waals surface area contributed by atoms with Crippen LogP contribution < -0.4 is 0 Å². The smallest absolute Gasteiger partial charge is 0.165 e. The first-order valence-electron chi connectivity index (χ1n) is 10.2. The van der Waals surface area contributed by atoms with E-state index in [0.717, 1.165) is 19.3 Å². The number of rotatable bonds is 12. The molecule has 0 aliphatic carbocycles. The summed E-state index contributed by atoms with van der Waals surface area (Å²) in [6.07, 6.45) is 3.98. The zero-order valence-electron chi connectivity index (χ0n) is 18.2. The first kappa shape index (κ1) is 27.1. The monoisotopic (exact) mass is 370 g/mol. The third kappa shape index (κ3) is 10.7. The number of unbranched alkanes of at least 4 members (excludes halogenated alkanes) is 1. The molecule has 0 aromatic rings.